The predicted octanol–water partition coefficient (Wildman–Crippen LogP) is 2.26. The SMILES string of the molecule is CC(N)CCCOc1cccc(N(C)C)c1. The van der Waals surface area contributed by atoms with Crippen molar-refractivity contribution in [3.8, 4) is 5.75 Å². The fraction of sp³-hybridized carbons (Fsp3) is 0.538. The number of ether oxygens (including phenoxy) is 1. The fourth-order valence-corrected chi connectivity index (χ4v) is 1.45. The molecule has 3 nitrogen and oxygen atoms in total. The molecule has 0 amide bonds. The summed E-state index contributed by atoms with van der Waals surface area (Å²) < 4.78 is 5.66. The van der Waals surface area contributed by atoms with Gasteiger partial charge in [0.05, 0.1) is 6.61 Å². The molecule has 0 saturated carbocycles. The molecule has 1 atom stereocenters. The van der Waals surface area contributed by atoms with Crippen molar-refractivity contribution < 1.29 is 4.74 Å². The highest BCUT2D eigenvalue weighted by molar-refractivity contribution is 5.49. The Morgan fingerprint density at radius 3 is 2.75 bits per heavy atom. The van der Waals surface area contributed by atoms with E-state index < -0.39 is 0 Å². The molecule has 0 fully saturated rings. The van der Waals surface area contributed by atoms with Crippen molar-refractivity contribution >= 4 is 5.69 Å². The summed E-state index contributed by atoms with van der Waals surface area (Å²) in [5.74, 6) is 0.927. The molecule has 0 bridgehead atoms. The zero-order chi connectivity index (χ0) is 12.0. The maximum atomic E-state index is 5.67. The summed E-state index contributed by atoms with van der Waals surface area (Å²) in [6, 6.07) is 8.37. The summed E-state index contributed by atoms with van der Waals surface area (Å²) in [6.45, 7) is 2.76. The first-order valence-corrected chi connectivity index (χ1v) is 5.75. The minimum atomic E-state index is 0.261. The van der Waals surface area contributed by atoms with Gasteiger partial charge >= 0.3 is 0 Å². The lowest BCUT2D eigenvalue weighted by atomic mass is 10.2. The molecule has 0 spiro atoms. The number of rotatable bonds is 6. The van der Waals surface area contributed by atoms with E-state index in [4.69, 9.17) is 10.5 Å². The molecule has 3 heteroatoms. The van der Waals surface area contributed by atoms with E-state index in [9.17, 15) is 0 Å². The second-order valence-electron chi connectivity index (χ2n) is 4.36. The van der Waals surface area contributed by atoms with Gasteiger partial charge in [0.15, 0.2) is 0 Å². The van der Waals surface area contributed by atoms with Crippen molar-refractivity contribution in [1.82, 2.24) is 0 Å². The lowest BCUT2D eigenvalue weighted by Gasteiger charge is -2.14. The van der Waals surface area contributed by atoms with Crippen molar-refractivity contribution in [3.05, 3.63) is 24.3 Å². The van der Waals surface area contributed by atoms with Gasteiger partial charge in [0.1, 0.15) is 5.75 Å². The van der Waals surface area contributed by atoms with Crippen LogP contribution < -0.4 is 15.4 Å². The van der Waals surface area contributed by atoms with Crippen molar-refractivity contribution in [1.29, 1.82) is 0 Å². The summed E-state index contributed by atoms with van der Waals surface area (Å²) in [4.78, 5) is 2.06. The van der Waals surface area contributed by atoms with Gasteiger partial charge in [-0.1, -0.05) is 6.07 Å². The summed E-state index contributed by atoms with van der Waals surface area (Å²) >= 11 is 0. The van der Waals surface area contributed by atoms with Crippen LogP contribution in [0.5, 0.6) is 5.75 Å². The Morgan fingerprint density at radius 1 is 1.38 bits per heavy atom. The maximum Gasteiger partial charge on any atom is 0.121 e. The van der Waals surface area contributed by atoms with Gasteiger partial charge in [-0.25, -0.2) is 0 Å². The minimum Gasteiger partial charge on any atom is -0.494 e. The molecule has 0 saturated heterocycles. The molecule has 0 heterocycles. The van der Waals surface area contributed by atoms with Gasteiger partial charge in [0, 0.05) is 31.9 Å². The Morgan fingerprint density at radius 2 is 2.12 bits per heavy atom. The predicted molar refractivity (Wildman–Crippen MR) is 69.1 cm³/mol. The van der Waals surface area contributed by atoms with Crippen LogP contribution in [0.1, 0.15) is 19.8 Å². The Bertz CT molecular complexity index is 311. The number of benzene rings is 1. The number of hydrogen-bond donors (Lipinski definition) is 1. The van der Waals surface area contributed by atoms with E-state index >= 15 is 0 Å². The normalized spacial score (nSPS) is 12.2. The zero-order valence-corrected chi connectivity index (χ0v) is 10.4. The van der Waals surface area contributed by atoms with Crippen LogP contribution >= 0.6 is 0 Å². The second kappa shape index (κ2) is 6.38. The van der Waals surface area contributed by atoms with E-state index in [1.807, 2.05) is 39.2 Å². The molecule has 1 aromatic carbocycles. The van der Waals surface area contributed by atoms with Crippen molar-refractivity contribution in [2.75, 3.05) is 25.6 Å². The van der Waals surface area contributed by atoms with E-state index in [2.05, 4.69) is 11.0 Å². The molecule has 90 valence electrons. The second-order valence-corrected chi connectivity index (χ2v) is 4.36. The lowest BCUT2D eigenvalue weighted by Crippen LogP contribution is -2.15. The maximum absolute atomic E-state index is 5.67. The van der Waals surface area contributed by atoms with E-state index in [1.54, 1.807) is 0 Å². The zero-order valence-electron chi connectivity index (χ0n) is 10.4. The highest BCUT2D eigenvalue weighted by Gasteiger charge is 1.99. The summed E-state index contributed by atoms with van der Waals surface area (Å²) in [7, 11) is 4.05. The molecule has 1 rings (SSSR count). The monoisotopic (exact) mass is 222 g/mol. The molecular formula is C13H22N2O. The summed E-state index contributed by atoms with van der Waals surface area (Å²) in [6.07, 6.45) is 2.01. The molecule has 0 aromatic heterocycles. The van der Waals surface area contributed by atoms with Crippen LogP contribution in [-0.4, -0.2) is 26.7 Å². The molecule has 2 N–H and O–H groups in total. The first-order chi connectivity index (χ1) is 7.59. The van der Waals surface area contributed by atoms with Crippen molar-refractivity contribution in [2.24, 2.45) is 5.73 Å². The quantitative estimate of drug-likeness (QED) is 0.750. The molecule has 1 unspecified atom stereocenters. The number of nitrogens with zero attached hydrogens (tertiary/aromatic N) is 1. The number of nitrogens with two attached hydrogens (primary N) is 1. The standard InChI is InChI=1S/C13H22N2O/c1-11(14)6-5-9-16-13-8-4-7-12(10-13)15(2)3/h4,7-8,10-11H,5-6,9,14H2,1-3H3. The topological polar surface area (TPSA) is 38.5 Å². The Balaban J connectivity index is 2.39. The first-order valence-electron chi connectivity index (χ1n) is 5.75. The first kappa shape index (κ1) is 12.8. The molecular weight excluding hydrogens is 200 g/mol. The van der Waals surface area contributed by atoms with Crippen molar-refractivity contribution in [3.63, 3.8) is 0 Å². The summed E-state index contributed by atoms with van der Waals surface area (Å²) in [5, 5.41) is 0. The van der Waals surface area contributed by atoms with Gasteiger partial charge in [0.2, 0.25) is 0 Å². The van der Waals surface area contributed by atoms with Gasteiger partial charge in [-0.05, 0) is 31.9 Å². The van der Waals surface area contributed by atoms with Gasteiger partial charge < -0.3 is 15.4 Å². The summed E-state index contributed by atoms with van der Waals surface area (Å²) in [5.41, 5.74) is 6.83. The third-order valence-electron chi connectivity index (χ3n) is 2.41. The Labute approximate surface area is 98.2 Å². The highest BCUT2D eigenvalue weighted by Crippen LogP contribution is 2.19. The lowest BCUT2D eigenvalue weighted by molar-refractivity contribution is 0.303. The van der Waals surface area contributed by atoms with E-state index in [0.717, 1.165) is 30.9 Å². The molecule has 1 aromatic rings. The van der Waals surface area contributed by atoms with Crippen molar-refractivity contribution in [2.45, 2.75) is 25.8 Å². The fourth-order valence-electron chi connectivity index (χ4n) is 1.45. The largest absolute Gasteiger partial charge is 0.494 e. The molecule has 0 aliphatic carbocycles. The minimum absolute atomic E-state index is 0.261. The Kier molecular flexibility index (Phi) is 5.12. The molecule has 0 aliphatic heterocycles. The number of anilines is 1. The van der Waals surface area contributed by atoms with Gasteiger partial charge in [-0.15, -0.1) is 0 Å². The van der Waals surface area contributed by atoms with Crippen LogP contribution in [0.2, 0.25) is 0 Å². The van der Waals surface area contributed by atoms with Crippen LogP contribution in [-0.2, 0) is 0 Å². The molecule has 0 radical (unpaired) electrons. The average molecular weight is 222 g/mol. The van der Waals surface area contributed by atoms with Crippen LogP contribution in [0.3, 0.4) is 0 Å². The van der Waals surface area contributed by atoms with E-state index in [1.165, 1.54) is 0 Å². The van der Waals surface area contributed by atoms with E-state index in [0.29, 0.717) is 0 Å². The highest BCUT2D eigenvalue weighted by atomic mass is 16.5. The van der Waals surface area contributed by atoms with Crippen LogP contribution in [0.4, 0.5) is 5.69 Å². The van der Waals surface area contributed by atoms with Crippen LogP contribution in [0.25, 0.3) is 0 Å². The third-order valence-corrected chi connectivity index (χ3v) is 2.41. The van der Waals surface area contributed by atoms with Gasteiger partial charge in [-0.3, -0.25) is 0 Å². The molecule has 0 aliphatic rings. The van der Waals surface area contributed by atoms with Crippen LogP contribution in [0, 0.1) is 0 Å². The smallest absolute Gasteiger partial charge is 0.121 e. The molecule has 16 heavy (non-hydrogen) atoms. The Hall–Kier alpha value is -1.22. The number of hydrogen-bond acceptors (Lipinski definition) is 3. The average Bonchev–Trinajstić information content (AvgIpc) is 2.24. The van der Waals surface area contributed by atoms with Gasteiger partial charge in [-0.2, -0.15) is 0 Å². The van der Waals surface area contributed by atoms with Gasteiger partial charge in [0.25, 0.3) is 0 Å². The van der Waals surface area contributed by atoms with Crippen LogP contribution in [0.15, 0.2) is 24.3 Å². The van der Waals surface area contributed by atoms with E-state index in [-0.39, 0.29) is 6.04 Å². The third kappa shape index (κ3) is 4.53.